The lowest BCUT2D eigenvalue weighted by atomic mass is 9.70. The van der Waals surface area contributed by atoms with Crippen LogP contribution in [-0.2, 0) is 14.4 Å². The van der Waals surface area contributed by atoms with E-state index >= 15 is 0 Å². The second-order valence-electron chi connectivity index (χ2n) is 10.8. The maximum Gasteiger partial charge on any atom is 0.247 e. The van der Waals surface area contributed by atoms with Crippen LogP contribution in [0.2, 0.25) is 0 Å². The fourth-order valence-corrected chi connectivity index (χ4v) is 8.89. The lowest BCUT2D eigenvalue weighted by Crippen LogP contribution is -2.55. The van der Waals surface area contributed by atoms with Crippen LogP contribution in [0.3, 0.4) is 0 Å². The van der Waals surface area contributed by atoms with Gasteiger partial charge in [0.1, 0.15) is 11.8 Å². The lowest BCUT2D eigenvalue weighted by Gasteiger charge is -2.37. The number of rotatable bonds is 15. The summed E-state index contributed by atoms with van der Waals surface area (Å²) in [6.07, 6.45) is 7.12. The molecular weight excluding hydrogens is 526 g/mol. The molecule has 1 aromatic carbocycles. The number of likely N-dealkylation sites (tertiary alicyclic amines) is 1. The zero-order valence-corrected chi connectivity index (χ0v) is 24.6. The molecule has 1 aromatic rings. The van der Waals surface area contributed by atoms with Crippen LogP contribution in [0.1, 0.15) is 46.0 Å². The van der Waals surface area contributed by atoms with Gasteiger partial charge < -0.3 is 24.5 Å². The first-order valence-corrected chi connectivity index (χ1v) is 15.4. The molecular formula is C31H43N3O5S. The molecule has 0 aromatic heterocycles. The number of aliphatic hydroxyl groups excluding tert-OH is 1. The Labute approximate surface area is 242 Å². The molecule has 9 heteroatoms. The van der Waals surface area contributed by atoms with Gasteiger partial charge in [-0.25, -0.2) is 0 Å². The Kier molecular flexibility index (Phi) is 10.0. The topological polar surface area (TPSA) is 90.4 Å². The van der Waals surface area contributed by atoms with Crippen LogP contribution in [0.15, 0.2) is 49.6 Å². The number of carbonyl (C=O) groups excluding carboxylic acids is 3. The van der Waals surface area contributed by atoms with E-state index in [0.717, 1.165) is 37.1 Å². The number of anilines is 1. The summed E-state index contributed by atoms with van der Waals surface area (Å²) in [6.45, 7) is 13.8. The summed E-state index contributed by atoms with van der Waals surface area (Å²) >= 11 is 1.67. The van der Waals surface area contributed by atoms with E-state index in [1.807, 2.05) is 36.1 Å². The number of unbranched alkanes of at least 4 members (excludes halogenated alkanes) is 1. The van der Waals surface area contributed by atoms with Gasteiger partial charge in [-0.3, -0.25) is 14.4 Å². The average Bonchev–Trinajstić information content (AvgIpc) is 3.60. The van der Waals surface area contributed by atoms with Gasteiger partial charge in [0.05, 0.1) is 23.2 Å². The fourth-order valence-electron chi connectivity index (χ4n) is 6.69. The Morgan fingerprint density at radius 3 is 2.50 bits per heavy atom. The lowest BCUT2D eigenvalue weighted by molar-refractivity contribution is -0.142. The third-order valence-corrected chi connectivity index (χ3v) is 10.3. The van der Waals surface area contributed by atoms with E-state index in [0.29, 0.717) is 39.2 Å². The number of hydrogen-bond acceptors (Lipinski definition) is 6. The summed E-state index contributed by atoms with van der Waals surface area (Å²) in [4.78, 5) is 47.9. The van der Waals surface area contributed by atoms with Crippen LogP contribution < -0.4 is 9.64 Å². The number of carbonyl (C=O) groups is 3. The Morgan fingerprint density at radius 1 is 1.15 bits per heavy atom. The summed E-state index contributed by atoms with van der Waals surface area (Å²) in [5, 5.41) is 9.57. The van der Waals surface area contributed by atoms with Crippen molar-refractivity contribution in [2.45, 2.75) is 62.0 Å². The molecule has 3 heterocycles. The van der Waals surface area contributed by atoms with Gasteiger partial charge in [0.2, 0.25) is 17.7 Å². The summed E-state index contributed by atoms with van der Waals surface area (Å²) < 4.78 is 4.92. The van der Waals surface area contributed by atoms with Crippen LogP contribution in [0.4, 0.5) is 5.69 Å². The molecule has 2 unspecified atom stereocenters. The fraction of sp³-hybridized carbons (Fsp3) is 0.581. The Hall–Kier alpha value is -2.78. The molecule has 0 saturated carbocycles. The molecule has 5 atom stereocenters. The van der Waals surface area contributed by atoms with Crippen LogP contribution in [-0.4, -0.2) is 88.1 Å². The number of aliphatic hydroxyl groups is 1. The highest BCUT2D eigenvalue weighted by molar-refractivity contribution is 8.02. The largest absolute Gasteiger partial charge is 0.494 e. The molecule has 218 valence electrons. The van der Waals surface area contributed by atoms with Crippen molar-refractivity contribution in [1.29, 1.82) is 0 Å². The Morgan fingerprint density at radius 2 is 1.88 bits per heavy atom. The van der Waals surface area contributed by atoms with E-state index < -0.39 is 22.6 Å². The number of hydrogen-bond donors (Lipinski definition) is 1. The first-order valence-electron chi connectivity index (χ1n) is 14.5. The molecule has 3 fully saturated rings. The van der Waals surface area contributed by atoms with Crippen molar-refractivity contribution in [3.8, 4) is 5.75 Å². The molecule has 3 amide bonds. The van der Waals surface area contributed by atoms with E-state index in [1.165, 1.54) is 0 Å². The Bertz CT molecular complexity index is 1090. The van der Waals surface area contributed by atoms with Gasteiger partial charge in [0.15, 0.2) is 0 Å². The first-order chi connectivity index (χ1) is 19.4. The number of thioether (sulfide) groups is 1. The van der Waals surface area contributed by atoms with Gasteiger partial charge >= 0.3 is 0 Å². The van der Waals surface area contributed by atoms with Crippen LogP contribution in [0, 0.1) is 11.8 Å². The molecule has 2 bridgehead atoms. The van der Waals surface area contributed by atoms with E-state index in [2.05, 4.69) is 20.1 Å². The van der Waals surface area contributed by atoms with E-state index in [9.17, 15) is 19.5 Å². The molecule has 3 aliphatic rings. The van der Waals surface area contributed by atoms with Crippen molar-refractivity contribution >= 4 is 35.2 Å². The van der Waals surface area contributed by atoms with Gasteiger partial charge in [-0.15, -0.1) is 24.9 Å². The van der Waals surface area contributed by atoms with Crippen molar-refractivity contribution in [2.24, 2.45) is 11.8 Å². The summed E-state index contributed by atoms with van der Waals surface area (Å²) in [7, 11) is 0. The third-order valence-electron chi connectivity index (χ3n) is 8.36. The molecule has 1 spiro atoms. The zero-order valence-electron chi connectivity index (χ0n) is 23.8. The van der Waals surface area contributed by atoms with Gasteiger partial charge in [-0.1, -0.05) is 25.5 Å². The van der Waals surface area contributed by atoms with E-state index in [-0.39, 0.29) is 29.6 Å². The van der Waals surface area contributed by atoms with Gasteiger partial charge in [0, 0.05) is 43.7 Å². The molecule has 40 heavy (non-hydrogen) atoms. The number of ether oxygens (including phenoxy) is 1. The molecule has 1 N–H and O–H groups in total. The zero-order chi connectivity index (χ0) is 28.9. The number of nitrogens with zero attached hydrogens (tertiary/aromatic N) is 3. The second-order valence-corrected chi connectivity index (χ2v) is 12.4. The minimum atomic E-state index is -0.654. The standard InChI is InChI=1S/C31H43N3O5S/c1-5-9-19-32(17-6-2)30(38)27-31-16-15-24(40-31)25(26(31)29(37)34(27)20-10-21-35)28(36)33(18-7-3)22-11-13-23(14-12-22)39-8-4/h6-7,11-14,24-27,35H,2-3,5,8-10,15-21H2,1,4H3/t24-,25+,26+,27?,31?/m1/s1. The van der Waals surface area contributed by atoms with Gasteiger partial charge in [0.25, 0.3) is 0 Å². The monoisotopic (exact) mass is 569 g/mol. The smallest absolute Gasteiger partial charge is 0.247 e. The molecule has 4 rings (SSSR count). The highest BCUT2D eigenvalue weighted by Gasteiger charge is 2.74. The minimum absolute atomic E-state index is 0.0322. The summed E-state index contributed by atoms with van der Waals surface area (Å²) in [6, 6.07) is 6.75. The number of benzene rings is 1. The second kappa shape index (κ2) is 13.3. The van der Waals surface area contributed by atoms with Gasteiger partial charge in [-0.2, -0.15) is 0 Å². The van der Waals surface area contributed by atoms with E-state index in [1.54, 1.807) is 33.7 Å². The highest BCUT2D eigenvalue weighted by atomic mass is 32.2. The van der Waals surface area contributed by atoms with Crippen LogP contribution in [0.5, 0.6) is 5.75 Å². The predicted octanol–water partition coefficient (Wildman–Crippen LogP) is 3.89. The SMILES string of the molecule is C=CCN(CCCC)C(=O)C1N(CCCO)C(=O)[C@@H]2[C@@H](C(=O)N(CC=C)c3ccc(OCC)cc3)[C@H]3CCC12S3. The maximum absolute atomic E-state index is 14.3. The summed E-state index contributed by atoms with van der Waals surface area (Å²) in [5.41, 5.74) is 0.724. The third kappa shape index (κ3) is 5.42. The molecule has 3 aliphatic heterocycles. The van der Waals surface area contributed by atoms with Crippen molar-refractivity contribution in [3.63, 3.8) is 0 Å². The molecule has 3 saturated heterocycles. The summed E-state index contributed by atoms with van der Waals surface area (Å²) in [5.74, 6) is -0.702. The van der Waals surface area contributed by atoms with Crippen molar-refractivity contribution in [3.05, 3.63) is 49.6 Å². The van der Waals surface area contributed by atoms with Crippen molar-refractivity contribution in [1.82, 2.24) is 9.80 Å². The van der Waals surface area contributed by atoms with Crippen molar-refractivity contribution in [2.75, 3.05) is 44.3 Å². The first kappa shape index (κ1) is 30.2. The molecule has 0 radical (unpaired) electrons. The van der Waals surface area contributed by atoms with Crippen molar-refractivity contribution < 1.29 is 24.2 Å². The quantitative estimate of drug-likeness (QED) is 0.323. The molecule has 8 nitrogen and oxygen atoms in total. The predicted molar refractivity (Wildman–Crippen MR) is 159 cm³/mol. The highest BCUT2D eigenvalue weighted by Crippen LogP contribution is 2.66. The minimum Gasteiger partial charge on any atom is -0.494 e. The molecule has 0 aliphatic carbocycles. The van der Waals surface area contributed by atoms with E-state index in [4.69, 9.17) is 4.74 Å². The normalized spacial score (nSPS) is 26.5. The Balaban J connectivity index is 1.69. The number of fused-ring (bicyclic) bond motifs is 1. The maximum atomic E-state index is 14.3. The number of amides is 3. The van der Waals surface area contributed by atoms with Gasteiger partial charge in [-0.05, 0) is 56.9 Å². The average molecular weight is 570 g/mol. The van der Waals surface area contributed by atoms with Crippen LogP contribution in [0.25, 0.3) is 0 Å². The van der Waals surface area contributed by atoms with Crippen LogP contribution >= 0.6 is 11.8 Å².